The molecule has 0 fully saturated rings. The number of tetrazole rings is 1. The van der Waals surface area contributed by atoms with Gasteiger partial charge in [-0.3, -0.25) is 0 Å². The number of hydrogen-bond donors (Lipinski definition) is 1. The van der Waals surface area contributed by atoms with Crippen LogP contribution >= 0.6 is 0 Å². The van der Waals surface area contributed by atoms with Crippen LogP contribution in [-0.2, 0) is 13.1 Å². The lowest BCUT2D eigenvalue weighted by molar-refractivity contribution is 0.766. The van der Waals surface area contributed by atoms with Gasteiger partial charge in [-0.2, -0.15) is 0 Å². The molecule has 0 bridgehead atoms. The Morgan fingerprint density at radius 1 is 1.15 bits per heavy atom. The van der Waals surface area contributed by atoms with Crippen molar-refractivity contribution in [3.63, 3.8) is 0 Å². The summed E-state index contributed by atoms with van der Waals surface area (Å²) in [6.45, 7) is 3.95. The third-order valence-electron chi connectivity index (χ3n) is 3.15. The molecule has 0 saturated carbocycles. The van der Waals surface area contributed by atoms with Crippen LogP contribution in [0.2, 0.25) is 0 Å². The number of rotatable bonds is 5. The van der Waals surface area contributed by atoms with Gasteiger partial charge in [0.15, 0.2) is 0 Å². The molecule has 6 heteroatoms. The van der Waals surface area contributed by atoms with E-state index < -0.39 is 0 Å². The Hall–Kier alpha value is -2.63. The van der Waals surface area contributed by atoms with Crippen molar-refractivity contribution < 1.29 is 0 Å². The lowest BCUT2D eigenvalue weighted by Crippen LogP contribution is -2.00. The van der Waals surface area contributed by atoms with Crippen LogP contribution in [0.25, 0.3) is 5.69 Å². The lowest BCUT2D eigenvalue weighted by Gasteiger charge is -2.06. The van der Waals surface area contributed by atoms with Gasteiger partial charge in [0.2, 0.25) is 0 Å². The van der Waals surface area contributed by atoms with Crippen molar-refractivity contribution in [1.29, 1.82) is 0 Å². The maximum absolute atomic E-state index is 3.85. The van der Waals surface area contributed by atoms with Gasteiger partial charge >= 0.3 is 0 Å². The molecule has 20 heavy (non-hydrogen) atoms. The minimum Gasteiger partial charge on any atom is -0.381 e. The molecule has 0 aliphatic heterocycles. The summed E-state index contributed by atoms with van der Waals surface area (Å²) in [4.78, 5) is 0. The Morgan fingerprint density at radius 2 is 2.00 bits per heavy atom. The zero-order valence-electron chi connectivity index (χ0n) is 11.3. The third-order valence-corrected chi connectivity index (χ3v) is 3.15. The standard InChI is InChI=1S/C14H16N6/c1-2-19-8-7-12(10-19)9-15-13-3-5-14(6-4-13)20-11-16-17-18-20/h3-8,10-11,15H,2,9H2,1H3. The summed E-state index contributed by atoms with van der Waals surface area (Å²) in [5.74, 6) is 0. The molecule has 3 aromatic rings. The highest BCUT2D eigenvalue weighted by molar-refractivity contribution is 5.48. The van der Waals surface area contributed by atoms with Gasteiger partial charge in [0.05, 0.1) is 5.69 Å². The molecule has 3 rings (SSSR count). The normalized spacial score (nSPS) is 10.7. The Morgan fingerprint density at radius 3 is 2.65 bits per heavy atom. The fourth-order valence-corrected chi connectivity index (χ4v) is 2.01. The molecule has 0 amide bonds. The quantitative estimate of drug-likeness (QED) is 0.769. The largest absolute Gasteiger partial charge is 0.381 e. The van der Waals surface area contributed by atoms with Crippen LogP contribution in [0.5, 0.6) is 0 Å². The number of nitrogens with zero attached hydrogens (tertiary/aromatic N) is 5. The van der Waals surface area contributed by atoms with Crippen molar-refractivity contribution in [1.82, 2.24) is 24.8 Å². The molecule has 2 aromatic heterocycles. The summed E-state index contributed by atoms with van der Waals surface area (Å²) >= 11 is 0. The zero-order chi connectivity index (χ0) is 13.8. The van der Waals surface area contributed by atoms with Gasteiger partial charge in [-0.25, -0.2) is 4.68 Å². The van der Waals surface area contributed by atoms with E-state index in [-0.39, 0.29) is 0 Å². The number of benzene rings is 1. The van der Waals surface area contributed by atoms with Crippen LogP contribution in [-0.4, -0.2) is 24.8 Å². The second-order valence-electron chi connectivity index (χ2n) is 4.51. The molecule has 1 aromatic carbocycles. The molecule has 0 aliphatic rings. The lowest BCUT2D eigenvalue weighted by atomic mass is 10.2. The van der Waals surface area contributed by atoms with Gasteiger partial charge in [-0.15, -0.1) is 5.10 Å². The van der Waals surface area contributed by atoms with E-state index >= 15 is 0 Å². The van der Waals surface area contributed by atoms with Crippen LogP contribution < -0.4 is 5.32 Å². The Labute approximate surface area is 117 Å². The number of anilines is 1. The highest BCUT2D eigenvalue weighted by atomic mass is 15.5. The van der Waals surface area contributed by atoms with Crippen LogP contribution in [0.4, 0.5) is 5.69 Å². The number of nitrogens with one attached hydrogen (secondary N) is 1. The van der Waals surface area contributed by atoms with Gasteiger partial charge in [-0.05, 0) is 53.2 Å². The van der Waals surface area contributed by atoms with Gasteiger partial charge in [0, 0.05) is 31.2 Å². The molecule has 102 valence electrons. The second-order valence-corrected chi connectivity index (χ2v) is 4.51. The molecule has 0 aliphatic carbocycles. The SMILES string of the molecule is CCn1ccc(CNc2ccc(-n3cnnn3)cc2)c1. The first kappa shape index (κ1) is 12.4. The fraction of sp³-hybridized carbons (Fsp3) is 0.214. The van der Waals surface area contributed by atoms with Crippen LogP contribution in [0.1, 0.15) is 12.5 Å². The molecule has 0 spiro atoms. The van der Waals surface area contributed by atoms with E-state index in [1.807, 2.05) is 24.3 Å². The average molecular weight is 268 g/mol. The van der Waals surface area contributed by atoms with Crippen LogP contribution in [0, 0.1) is 0 Å². The summed E-state index contributed by atoms with van der Waals surface area (Å²) in [6.07, 6.45) is 5.83. The first-order chi connectivity index (χ1) is 9.85. The van der Waals surface area contributed by atoms with E-state index in [1.165, 1.54) is 5.56 Å². The summed E-state index contributed by atoms with van der Waals surface area (Å²) in [5.41, 5.74) is 3.29. The van der Waals surface area contributed by atoms with Crippen molar-refractivity contribution in [2.75, 3.05) is 5.32 Å². The van der Waals surface area contributed by atoms with Crippen molar-refractivity contribution in [2.24, 2.45) is 0 Å². The molecular weight excluding hydrogens is 252 g/mol. The third kappa shape index (κ3) is 2.69. The van der Waals surface area contributed by atoms with E-state index in [1.54, 1.807) is 11.0 Å². The zero-order valence-corrected chi connectivity index (χ0v) is 11.3. The van der Waals surface area contributed by atoms with Crippen molar-refractivity contribution in [2.45, 2.75) is 20.0 Å². The molecule has 1 N–H and O–H groups in total. The summed E-state index contributed by atoms with van der Waals surface area (Å²) < 4.78 is 3.79. The Balaban J connectivity index is 1.63. The summed E-state index contributed by atoms with van der Waals surface area (Å²) in [6, 6.07) is 10.1. The van der Waals surface area contributed by atoms with E-state index in [9.17, 15) is 0 Å². The van der Waals surface area contributed by atoms with Crippen molar-refractivity contribution >= 4 is 5.69 Å². The number of aryl methyl sites for hydroxylation is 1. The van der Waals surface area contributed by atoms with E-state index in [4.69, 9.17) is 0 Å². The highest BCUT2D eigenvalue weighted by Crippen LogP contribution is 2.13. The average Bonchev–Trinajstić information content (AvgIpc) is 3.17. The number of aromatic nitrogens is 5. The van der Waals surface area contributed by atoms with Gasteiger partial charge in [-0.1, -0.05) is 0 Å². The van der Waals surface area contributed by atoms with Gasteiger partial charge in [0.25, 0.3) is 0 Å². The van der Waals surface area contributed by atoms with Crippen LogP contribution in [0.15, 0.2) is 49.1 Å². The summed E-state index contributed by atoms with van der Waals surface area (Å²) in [5, 5.41) is 14.5. The first-order valence-corrected chi connectivity index (χ1v) is 6.57. The molecule has 0 saturated heterocycles. The smallest absolute Gasteiger partial charge is 0.143 e. The van der Waals surface area contributed by atoms with Gasteiger partial charge < -0.3 is 9.88 Å². The molecule has 0 radical (unpaired) electrons. The van der Waals surface area contributed by atoms with E-state index in [0.717, 1.165) is 24.5 Å². The maximum Gasteiger partial charge on any atom is 0.143 e. The van der Waals surface area contributed by atoms with E-state index in [2.05, 4.69) is 50.8 Å². The predicted molar refractivity (Wildman–Crippen MR) is 76.6 cm³/mol. The minimum absolute atomic E-state index is 0.817. The predicted octanol–water partition coefficient (Wildman–Crippen LogP) is 2.10. The fourth-order valence-electron chi connectivity index (χ4n) is 2.01. The van der Waals surface area contributed by atoms with Gasteiger partial charge in [0.1, 0.15) is 6.33 Å². The van der Waals surface area contributed by atoms with Crippen molar-refractivity contribution in [3.8, 4) is 5.69 Å². The topological polar surface area (TPSA) is 60.6 Å². The number of hydrogen-bond acceptors (Lipinski definition) is 4. The van der Waals surface area contributed by atoms with Crippen molar-refractivity contribution in [3.05, 3.63) is 54.6 Å². The highest BCUT2D eigenvalue weighted by Gasteiger charge is 1.99. The minimum atomic E-state index is 0.817. The summed E-state index contributed by atoms with van der Waals surface area (Å²) in [7, 11) is 0. The monoisotopic (exact) mass is 268 g/mol. The molecular formula is C14H16N6. The second kappa shape index (κ2) is 5.56. The maximum atomic E-state index is 3.85. The molecule has 2 heterocycles. The Kier molecular flexibility index (Phi) is 3.45. The Bertz CT molecular complexity index is 653. The molecule has 0 unspecified atom stereocenters. The first-order valence-electron chi connectivity index (χ1n) is 6.57. The molecule has 6 nitrogen and oxygen atoms in total. The van der Waals surface area contributed by atoms with Crippen LogP contribution in [0.3, 0.4) is 0 Å². The van der Waals surface area contributed by atoms with E-state index in [0.29, 0.717) is 0 Å². The molecule has 0 atom stereocenters.